The van der Waals surface area contributed by atoms with Crippen molar-refractivity contribution < 1.29 is 23.9 Å². The number of fused-ring (bicyclic) bond motifs is 1. The van der Waals surface area contributed by atoms with Gasteiger partial charge in [-0.05, 0) is 39.0 Å². The van der Waals surface area contributed by atoms with Crippen LogP contribution in [0, 0.1) is 0 Å². The first-order chi connectivity index (χ1) is 11.2. The van der Waals surface area contributed by atoms with Gasteiger partial charge in [0.15, 0.2) is 0 Å². The van der Waals surface area contributed by atoms with E-state index >= 15 is 0 Å². The van der Waals surface area contributed by atoms with Crippen molar-refractivity contribution in [2.45, 2.75) is 37.3 Å². The fourth-order valence-corrected chi connectivity index (χ4v) is 3.03. The number of esters is 1. The SMILES string of the molecule is COC(=O)c1ccc2c(c1)NC(=O)[C@@H](NC(=O)OC(C)(C)C)CS2. The number of carbonyl (C=O) groups excluding carboxylic acids is 3. The van der Waals surface area contributed by atoms with Crippen LogP contribution >= 0.6 is 11.8 Å². The van der Waals surface area contributed by atoms with Gasteiger partial charge in [-0.3, -0.25) is 4.79 Å². The molecule has 0 aromatic heterocycles. The van der Waals surface area contributed by atoms with Gasteiger partial charge in [0.2, 0.25) is 5.91 Å². The van der Waals surface area contributed by atoms with E-state index in [1.807, 2.05) is 0 Å². The number of carbonyl (C=O) groups is 3. The van der Waals surface area contributed by atoms with Crippen LogP contribution in [0.2, 0.25) is 0 Å². The Morgan fingerprint density at radius 3 is 2.67 bits per heavy atom. The summed E-state index contributed by atoms with van der Waals surface area (Å²) in [7, 11) is 1.29. The summed E-state index contributed by atoms with van der Waals surface area (Å²) in [5.41, 5.74) is 0.216. The Hall–Kier alpha value is -2.22. The molecule has 0 saturated heterocycles. The Kier molecular flexibility index (Phi) is 5.38. The van der Waals surface area contributed by atoms with Gasteiger partial charge in [-0.25, -0.2) is 9.59 Å². The van der Waals surface area contributed by atoms with Crippen LogP contribution in [0.1, 0.15) is 31.1 Å². The van der Waals surface area contributed by atoms with E-state index in [0.717, 1.165) is 4.90 Å². The fourth-order valence-electron chi connectivity index (χ4n) is 2.02. The van der Waals surface area contributed by atoms with E-state index in [1.165, 1.54) is 18.9 Å². The van der Waals surface area contributed by atoms with E-state index in [-0.39, 0.29) is 5.91 Å². The molecule has 0 radical (unpaired) electrons. The molecule has 0 unspecified atom stereocenters. The highest BCUT2D eigenvalue weighted by Gasteiger charge is 2.28. The molecule has 1 aromatic carbocycles. The van der Waals surface area contributed by atoms with E-state index in [9.17, 15) is 14.4 Å². The van der Waals surface area contributed by atoms with Crippen molar-refractivity contribution in [2.24, 2.45) is 0 Å². The van der Waals surface area contributed by atoms with Gasteiger partial charge in [-0.1, -0.05) is 0 Å². The molecule has 1 aliphatic rings. The molecule has 1 aromatic rings. The van der Waals surface area contributed by atoms with E-state index in [0.29, 0.717) is 17.0 Å². The Labute approximate surface area is 144 Å². The summed E-state index contributed by atoms with van der Waals surface area (Å²) in [4.78, 5) is 36.6. The lowest BCUT2D eigenvalue weighted by Gasteiger charge is -2.22. The molecule has 2 N–H and O–H groups in total. The summed E-state index contributed by atoms with van der Waals surface area (Å²) < 4.78 is 9.84. The van der Waals surface area contributed by atoms with Crippen molar-refractivity contribution in [1.82, 2.24) is 5.32 Å². The maximum Gasteiger partial charge on any atom is 0.408 e. The zero-order chi connectivity index (χ0) is 17.9. The van der Waals surface area contributed by atoms with Crippen LogP contribution in [-0.2, 0) is 14.3 Å². The maximum atomic E-state index is 12.3. The van der Waals surface area contributed by atoms with E-state index < -0.39 is 23.7 Å². The zero-order valence-electron chi connectivity index (χ0n) is 14.0. The number of alkyl carbamates (subject to hydrolysis) is 1. The van der Waals surface area contributed by atoms with Gasteiger partial charge in [-0.15, -0.1) is 11.8 Å². The Bertz CT molecular complexity index is 669. The van der Waals surface area contributed by atoms with Gasteiger partial charge in [0.1, 0.15) is 11.6 Å². The molecule has 2 amide bonds. The first kappa shape index (κ1) is 18.1. The highest BCUT2D eigenvalue weighted by Crippen LogP contribution is 2.31. The predicted molar refractivity (Wildman–Crippen MR) is 90.3 cm³/mol. The largest absolute Gasteiger partial charge is 0.465 e. The number of thioether (sulfide) groups is 1. The average Bonchev–Trinajstić information content (AvgIpc) is 2.63. The van der Waals surface area contributed by atoms with Crippen LogP contribution in [0.5, 0.6) is 0 Å². The van der Waals surface area contributed by atoms with Gasteiger partial charge in [-0.2, -0.15) is 0 Å². The molecule has 0 aliphatic carbocycles. The summed E-state index contributed by atoms with van der Waals surface area (Å²) in [5, 5.41) is 5.29. The molecule has 130 valence electrons. The third kappa shape index (κ3) is 4.64. The van der Waals surface area contributed by atoms with Crippen molar-refractivity contribution in [3.8, 4) is 0 Å². The minimum Gasteiger partial charge on any atom is -0.465 e. The molecule has 1 heterocycles. The van der Waals surface area contributed by atoms with Crippen LogP contribution < -0.4 is 10.6 Å². The fraction of sp³-hybridized carbons (Fsp3) is 0.438. The number of rotatable bonds is 2. The quantitative estimate of drug-likeness (QED) is 0.794. The lowest BCUT2D eigenvalue weighted by Crippen LogP contribution is -2.46. The van der Waals surface area contributed by atoms with Crippen molar-refractivity contribution in [1.29, 1.82) is 0 Å². The Morgan fingerprint density at radius 1 is 1.33 bits per heavy atom. The van der Waals surface area contributed by atoms with Crippen LogP contribution in [0.3, 0.4) is 0 Å². The number of methoxy groups -OCH3 is 1. The maximum absolute atomic E-state index is 12.3. The van der Waals surface area contributed by atoms with Crippen LogP contribution in [0.15, 0.2) is 23.1 Å². The van der Waals surface area contributed by atoms with E-state index in [4.69, 9.17) is 4.74 Å². The minimum absolute atomic E-state index is 0.343. The van der Waals surface area contributed by atoms with Crippen molar-refractivity contribution in [3.63, 3.8) is 0 Å². The second-order valence-electron chi connectivity index (χ2n) is 6.20. The topological polar surface area (TPSA) is 93.7 Å². The van der Waals surface area contributed by atoms with Gasteiger partial charge < -0.3 is 20.1 Å². The van der Waals surface area contributed by atoms with Crippen molar-refractivity contribution in [2.75, 3.05) is 18.2 Å². The van der Waals surface area contributed by atoms with Gasteiger partial charge in [0, 0.05) is 10.6 Å². The monoisotopic (exact) mass is 352 g/mol. The minimum atomic E-state index is -0.737. The Morgan fingerprint density at radius 2 is 2.04 bits per heavy atom. The zero-order valence-corrected chi connectivity index (χ0v) is 14.8. The second-order valence-corrected chi connectivity index (χ2v) is 7.26. The van der Waals surface area contributed by atoms with E-state index in [1.54, 1.807) is 39.0 Å². The van der Waals surface area contributed by atoms with Gasteiger partial charge >= 0.3 is 12.1 Å². The molecule has 0 saturated carbocycles. The molecule has 1 atom stereocenters. The summed E-state index contributed by atoms with van der Waals surface area (Å²) in [6.45, 7) is 5.25. The van der Waals surface area contributed by atoms with Crippen LogP contribution in [0.4, 0.5) is 10.5 Å². The Balaban J connectivity index is 2.11. The van der Waals surface area contributed by atoms with E-state index in [2.05, 4.69) is 15.4 Å². The summed E-state index contributed by atoms with van der Waals surface area (Å²) in [6, 6.07) is 4.19. The number of hydrogen-bond donors (Lipinski definition) is 2. The number of anilines is 1. The van der Waals surface area contributed by atoms with Crippen LogP contribution in [-0.4, -0.2) is 42.5 Å². The molecule has 8 heteroatoms. The number of hydrogen-bond acceptors (Lipinski definition) is 6. The number of ether oxygens (including phenoxy) is 2. The highest BCUT2D eigenvalue weighted by molar-refractivity contribution is 7.99. The number of amides is 2. The molecule has 1 aliphatic heterocycles. The number of benzene rings is 1. The average molecular weight is 352 g/mol. The predicted octanol–water partition coefficient (Wildman–Crippen LogP) is 2.41. The molecule has 24 heavy (non-hydrogen) atoms. The normalized spacial score (nSPS) is 17.2. The third-order valence-electron chi connectivity index (χ3n) is 3.07. The lowest BCUT2D eigenvalue weighted by molar-refractivity contribution is -0.117. The first-order valence-electron chi connectivity index (χ1n) is 7.35. The molecular weight excluding hydrogens is 332 g/mol. The molecular formula is C16H20N2O5S. The molecule has 0 fully saturated rings. The molecule has 2 rings (SSSR count). The van der Waals surface area contributed by atoms with Crippen molar-refractivity contribution in [3.05, 3.63) is 23.8 Å². The van der Waals surface area contributed by atoms with Gasteiger partial charge in [0.05, 0.1) is 18.4 Å². The summed E-state index contributed by atoms with van der Waals surface area (Å²) in [6.07, 6.45) is -0.649. The molecule has 7 nitrogen and oxygen atoms in total. The lowest BCUT2D eigenvalue weighted by atomic mass is 10.2. The standard InChI is InChI=1S/C16H20N2O5S/c1-16(2,3)23-15(21)18-11-8-24-12-6-5-9(14(20)22-4)7-10(12)17-13(11)19/h5-7,11H,8H2,1-4H3,(H,17,19)(H,18,21)/t11-/m0/s1. The molecule has 0 spiro atoms. The second kappa shape index (κ2) is 7.12. The van der Waals surface area contributed by atoms with Gasteiger partial charge in [0.25, 0.3) is 0 Å². The third-order valence-corrected chi connectivity index (χ3v) is 4.24. The summed E-state index contributed by atoms with van der Waals surface area (Å²) in [5.74, 6) is -0.491. The molecule has 0 bridgehead atoms. The smallest absolute Gasteiger partial charge is 0.408 e. The van der Waals surface area contributed by atoms with Crippen LogP contribution in [0.25, 0.3) is 0 Å². The first-order valence-corrected chi connectivity index (χ1v) is 8.34. The van der Waals surface area contributed by atoms with Crippen molar-refractivity contribution >= 4 is 35.4 Å². The summed E-state index contributed by atoms with van der Waals surface area (Å²) >= 11 is 1.40. The highest BCUT2D eigenvalue weighted by atomic mass is 32.2. The number of nitrogens with one attached hydrogen (secondary N) is 2.